The minimum atomic E-state index is -0.840. The molecule has 0 saturated heterocycles. The Morgan fingerprint density at radius 2 is 0.935 bits per heavy atom. The average Bonchev–Trinajstić information content (AvgIpc) is 2.62. The zero-order valence-corrected chi connectivity index (χ0v) is 25.5. The molecule has 0 saturated carbocycles. The van der Waals surface area contributed by atoms with Crippen molar-refractivity contribution in [3.05, 3.63) is 23.7 Å². The smallest absolute Gasteiger partial charge is 0.0733 e. The van der Waals surface area contributed by atoms with Gasteiger partial charge in [-0.1, -0.05) is 23.7 Å². The summed E-state index contributed by atoms with van der Waals surface area (Å²) in [4.78, 5) is 8.09. The van der Waals surface area contributed by atoms with Crippen molar-refractivity contribution in [2.75, 3.05) is 67.3 Å². The Bertz CT molecular complexity index is 494. The van der Waals surface area contributed by atoms with Gasteiger partial charge in [0, 0.05) is 86.7 Å². The molecular formula is C22H46N2O4P2Tc. The molecule has 0 N–H and O–H groups in total. The molecule has 0 aromatic rings. The number of methoxy groups -OCH3 is 2. The van der Waals surface area contributed by atoms with Gasteiger partial charge in [0.2, 0.25) is 0 Å². The van der Waals surface area contributed by atoms with Gasteiger partial charge >= 0.3 is 0 Å². The van der Waals surface area contributed by atoms with Crippen LogP contribution in [0, 0.1) is 0 Å². The molecule has 1 radical (unpaired) electrons. The summed E-state index contributed by atoms with van der Waals surface area (Å²) >= 11 is 0. The van der Waals surface area contributed by atoms with Gasteiger partial charge in [-0.15, -0.1) is 0 Å². The van der Waals surface area contributed by atoms with E-state index in [9.17, 15) is 10.2 Å². The summed E-state index contributed by atoms with van der Waals surface area (Å²) in [6.45, 7) is 21.3. The summed E-state index contributed by atoms with van der Waals surface area (Å²) in [7, 11) is 3.21. The number of allylic oxidation sites excluding steroid dienone is 2. The maximum atomic E-state index is 11.7. The summed E-state index contributed by atoms with van der Waals surface area (Å²) in [5.41, 5.74) is -1.68. The quantitative estimate of drug-likeness (QED) is 0.187. The van der Waals surface area contributed by atoms with Crippen LogP contribution < -0.4 is 10.2 Å². The van der Waals surface area contributed by atoms with Gasteiger partial charge in [-0.05, 0) is 43.5 Å². The molecule has 6 nitrogen and oxygen atoms in total. The number of nitrogens with zero attached hydrogens (tertiary/aromatic N) is 2. The van der Waals surface area contributed by atoms with Crippen molar-refractivity contribution in [2.24, 2.45) is 9.98 Å². The number of ether oxygens (including phenoxy) is 2. The van der Waals surface area contributed by atoms with Crippen LogP contribution in [0.4, 0.5) is 0 Å². The second-order valence-corrected chi connectivity index (χ2v) is 14.6. The molecule has 0 aliphatic heterocycles. The topological polar surface area (TPSA) is 89.3 Å². The van der Waals surface area contributed by atoms with E-state index < -0.39 is 11.2 Å². The van der Waals surface area contributed by atoms with Crippen molar-refractivity contribution in [3.8, 4) is 0 Å². The zero-order valence-electron chi connectivity index (χ0n) is 21.6. The van der Waals surface area contributed by atoms with Crippen LogP contribution in [0.2, 0.25) is 0 Å². The Labute approximate surface area is 207 Å². The van der Waals surface area contributed by atoms with Gasteiger partial charge < -0.3 is 19.7 Å². The predicted octanol–water partition coefficient (Wildman–Crippen LogP) is 2.64. The van der Waals surface area contributed by atoms with Gasteiger partial charge in [0.25, 0.3) is 0 Å². The normalized spacial score (nSPS) is 13.1. The first-order valence-electron chi connectivity index (χ1n) is 10.0. The van der Waals surface area contributed by atoms with Crippen molar-refractivity contribution >= 4 is 28.3 Å². The third kappa shape index (κ3) is 27.8. The average molecular weight is 563 g/mol. The Morgan fingerprint density at radius 3 is 1.13 bits per heavy atom. The van der Waals surface area contributed by atoms with Crippen LogP contribution in [-0.4, -0.2) is 90.9 Å². The standard InChI is InChI=1S/C16H28N2O4.2C3H9P.Tc/c1-15(2,21-5)13(19)7-9-17-11-12-18-10-8-14(20)16(3,4)22-6;2*1-4(2)3;/h7-10,19-20H,11-12H2,1-6H3;2*1-3H3;/b13-7-,14-8-,17-9?,18-10?;;;/i;;;1+1. The fraction of sp³-hybridized carbons (Fsp3) is 0.727. The summed E-state index contributed by atoms with van der Waals surface area (Å²) in [5.74, 6) is -0.300. The van der Waals surface area contributed by atoms with Gasteiger partial charge in [0.1, 0.15) is 0 Å². The molecule has 0 atom stereocenters. The number of hydrogen-bond donors (Lipinski definition) is 0. The second kappa shape index (κ2) is 21.7. The molecule has 0 heterocycles. The molecule has 31 heavy (non-hydrogen) atoms. The molecule has 0 amide bonds. The van der Waals surface area contributed by atoms with Crippen LogP contribution in [0.3, 0.4) is 0 Å². The van der Waals surface area contributed by atoms with Crippen LogP contribution in [-0.2, 0) is 29.6 Å². The second-order valence-electron chi connectivity index (χ2n) is 8.60. The van der Waals surface area contributed by atoms with Crippen LogP contribution in [0.1, 0.15) is 27.7 Å². The first kappa shape index (κ1) is 38.1. The Balaban J connectivity index is -0.000000345. The molecular weight excluding hydrogens is 517 g/mol. The summed E-state index contributed by atoms with van der Waals surface area (Å²) < 4.78 is 10.1. The van der Waals surface area contributed by atoms with E-state index in [4.69, 9.17) is 9.47 Å². The van der Waals surface area contributed by atoms with E-state index >= 15 is 0 Å². The van der Waals surface area contributed by atoms with E-state index in [1.54, 1.807) is 27.7 Å². The van der Waals surface area contributed by atoms with Gasteiger partial charge in [-0.25, -0.2) is 0 Å². The molecule has 0 aromatic carbocycles. The van der Waals surface area contributed by atoms with E-state index in [1.807, 2.05) is 0 Å². The minimum absolute atomic E-state index is 0. The first-order chi connectivity index (χ1) is 13.6. The van der Waals surface area contributed by atoms with Crippen LogP contribution in [0.5, 0.6) is 0 Å². The maximum Gasteiger partial charge on any atom is 0.0733 e. The largest absolute Gasteiger partial charge is 0.873 e. The number of hydrogen-bond acceptors (Lipinski definition) is 6. The van der Waals surface area contributed by atoms with Gasteiger partial charge in [-0.2, -0.15) is 0 Å². The summed E-state index contributed by atoms with van der Waals surface area (Å²) in [6.07, 6.45) is 5.65. The molecule has 0 spiro atoms. The SMILES string of the molecule is COC(C)(C)/C([O-])=C/C=NCCN=C/C=C(\[O-])C(C)(C)OC.C[PH+](C)C.C[PH+](C)C.[99Tc]. The van der Waals surface area contributed by atoms with E-state index in [2.05, 4.69) is 50.0 Å². The van der Waals surface area contributed by atoms with Crippen LogP contribution in [0.15, 0.2) is 33.7 Å². The summed E-state index contributed by atoms with van der Waals surface area (Å²) in [6, 6.07) is 0. The fourth-order valence-electron chi connectivity index (χ4n) is 1.11. The van der Waals surface area contributed by atoms with Crippen LogP contribution in [0.25, 0.3) is 0 Å². The molecule has 0 fully saturated rings. The first-order valence-corrected chi connectivity index (χ1v) is 16.0. The van der Waals surface area contributed by atoms with E-state index in [1.165, 1.54) is 38.8 Å². The molecule has 0 aliphatic rings. The Kier molecular flexibility index (Phi) is 26.7. The molecule has 0 rings (SSSR count). The molecule has 0 unspecified atom stereocenters. The maximum absolute atomic E-state index is 11.7. The van der Waals surface area contributed by atoms with Crippen molar-refractivity contribution in [1.29, 1.82) is 0 Å². The van der Waals surface area contributed by atoms with Gasteiger partial charge in [-0.3, -0.25) is 9.98 Å². The van der Waals surface area contributed by atoms with Crippen molar-refractivity contribution in [1.82, 2.24) is 0 Å². The van der Waals surface area contributed by atoms with Gasteiger partial charge in [0.05, 0.1) is 24.3 Å². The van der Waals surface area contributed by atoms with Crippen LogP contribution >= 0.6 is 15.8 Å². The molecule has 185 valence electrons. The van der Waals surface area contributed by atoms with Crippen molar-refractivity contribution in [2.45, 2.75) is 38.9 Å². The van der Waals surface area contributed by atoms with Gasteiger partial charge in [0.15, 0.2) is 0 Å². The third-order valence-electron chi connectivity index (χ3n) is 3.23. The fourth-order valence-corrected chi connectivity index (χ4v) is 1.11. The molecule has 0 aliphatic carbocycles. The van der Waals surface area contributed by atoms with E-state index in [0.29, 0.717) is 13.1 Å². The molecule has 0 bridgehead atoms. The van der Waals surface area contributed by atoms with E-state index in [-0.39, 0.29) is 47.5 Å². The molecule has 0 aromatic heterocycles. The number of aliphatic imine (C=N–C) groups is 2. The summed E-state index contributed by atoms with van der Waals surface area (Å²) in [5, 5.41) is 23.3. The third-order valence-corrected chi connectivity index (χ3v) is 3.23. The van der Waals surface area contributed by atoms with Crippen molar-refractivity contribution < 1.29 is 39.8 Å². The number of rotatable bonds is 9. The monoisotopic (exact) mass is 563 g/mol. The molecule has 9 heteroatoms. The zero-order chi connectivity index (χ0) is 24.4. The Hall–Kier alpha value is -0.151. The Morgan fingerprint density at radius 1 is 0.710 bits per heavy atom. The van der Waals surface area contributed by atoms with Crippen molar-refractivity contribution in [3.63, 3.8) is 0 Å². The predicted molar refractivity (Wildman–Crippen MR) is 137 cm³/mol. The minimum Gasteiger partial charge on any atom is -0.873 e. The van der Waals surface area contributed by atoms with E-state index in [0.717, 1.165) is 0 Å².